The average molecular weight is 557 g/mol. The molecule has 7 nitrogen and oxygen atoms in total. The van der Waals surface area contributed by atoms with Gasteiger partial charge in [0.15, 0.2) is 11.0 Å². The first-order valence-electron chi connectivity index (χ1n) is 11.9. The summed E-state index contributed by atoms with van der Waals surface area (Å²) < 4.78 is 1.93. The normalized spacial score (nSPS) is 12.1. The number of rotatable bonds is 9. The van der Waals surface area contributed by atoms with Crippen LogP contribution < -0.4 is 10.6 Å². The highest BCUT2D eigenvalue weighted by Crippen LogP contribution is 2.28. The minimum Gasteiger partial charge on any atom is -0.342 e. The topological polar surface area (TPSA) is 88.9 Å². The Morgan fingerprint density at radius 2 is 1.76 bits per heavy atom. The van der Waals surface area contributed by atoms with Crippen molar-refractivity contribution in [2.75, 3.05) is 11.1 Å². The summed E-state index contributed by atoms with van der Waals surface area (Å²) in [6.07, 6.45) is 0. The monoisotopic (exact) mass is 555 g/mol. The minimum atomic E-state index is -0.395. The van der Waals surface area contributed by atoms with Crippen molar-refractivity contribution in [1.82, 2.24) is 20.1 Å². The molecule has 0 bridgehead atoms. The summed E-state index contributed by atoms with van der Waals surface area (Å²) >= 11 is 13.4. The maximum atomic E-state index is 13.0. The van der Waals surface area contributed by atoms with Crippen LogP contribution in [0, 0.1) is 5.92 Å². The van der Waals surface area contributed by atoms with Crippen molar-refractivity contribution in [3.63, 3.8) is 0 Å². The van der Waals surface area contributed by atoms with Gasteiger partial charge in [0.05, 0.1) is 21.8 Å². The molecule has 10 heteroatoms. The van der Waals surface area contributed by atoms with Crippen LogP contribution in [0.5, 0.6) is 0 Å². The van der Waals surface area contributed by atoms with E-state index in [1.165, 1.54) is 17.8 Å². The van der Waals surface area contributed by atoms with Gasteiger partial charge in [-0.05, 0) is 42.5 Å². The summed E-state index contributed by atoms with van der Waals surface area (Å²) in [7, 11) is 0. The molecule has 0 aliphatic rings. The van der Waals surface area contributed by atoms with Crippen molar-refractivity contribution in [3.05, 3.63) is 82.1 Å². The quantitative estimate of drug-likeness (QED) is 0.226. The van der Waals surface area contributed by atoms with Gasteiger partial charge in [0.2, 0.25) is 5.91 Å². The number of nitrogens with one attached hydrogen (secondary N) is 2. The van der Waals surface area contributed by atoms with E-state index in [9.17, 15) is 9.59 Å². The highest BCUT2D eigenvalue weighted by Gasteiger charge is 2.26. The van der Waals surface area contributed by atoms with Crippen molar-refractivity contribution in [1.29, 1.82) is 0 Å². The Balaban J connectivity index is 1.47. The summed E-state index contributed by atoms with van der Waals surface area (Å²) in [5.74, 6) is 0.411. The van der Waals surface area contributed by atoms with Crippen molar-refractivity contribution >= 4 is 63.2 Å². The number of halogens is 2. The fourth-order valence-corrected chi connectivity index (χ4v) is 5.08. The standard InChI is InChI=1S/C27H27Cl2N5O2S/c1-4-34-25(24(16(2)3)31-26(36)18-12-13-20(28)21(29)14-18)32-33-27(34)37-15-23(35)30-22-11-7-9-17-8-5-6-10-19(17)22/h5-14,16,24H,4,15H2,1-3H3,(H,30,35)(H,31,36)/t24-/m0/s1. The van der Waals surface area contributed by atoms with Crippen molar-refractivity contribution in [3.8, 4) is 0 Å². The molecule has 0 saturated carbocycles. The first kappa shape index (κ1) is 27.0. The van der Waals surface area contributed by atoms with Gasteiger partial charge in [-0.1, -0.05) is 85.2 Å². The Hall–Kier alpha value is -3.07. The van der Waals surface area contributed by atoms with Crippen LogP contribution in [0.15, 0.2) is 65.8 Å². The Morgan fingerprint density at radius 1 is 1.00 bits per heavy atom. The Labute approximate surface area is 229 Å². The van der Waals surface area contributed by atoms with Crippen LogP contribution in [0.4, 0.5) is 5.69 Å². The third-order valence-electron chi connectivity index (χ3n) is 5.87. The molecule has 0 spiro atoms. The van der Waals surface area contributed by atoms with E-state index in [-0.39, 0.29) is 23.5 Å². The Bertz CT molecular complexity index is 1430. The molecule has 37 heavy (non-hydrogen) atoms. The Kier molecular flexibility index (Phi) is 8.74. The molecule has 0 aliphatic carbocycles. The SMILES string of the molecule is CCn1c(SCC(=O)Nc2cccc3ccccc23)nnc1[C@@H](NC(=O)c1ccc(Cl)c(Cl)c1)C(C)C. The van der Waals surface area contributed by atoms with Gasteiger partial charge < -0.3 is 15.2 Å². The van der Waals surface area contributed by atoms with E-state index in [1.807, 2.05) is 67.8 Å². The predicted octanol–water partition coefficient (Wildman–Crippen LogP) is 6.62. The van der Waals surface area contributed by atoms with E-state index in [0.717, 1.165) is 16.5 Å². The van der Waals surface area contributed by atoms with Crippen LogP contribution >= 0.6 is 35.0 Å². The molecule has 2 amide bonds. The van der Waals surface area contributed by atoms with Gasteiger partial charge in [-0.15, -0.1) is 10.2 Å². The molecule has 0 unspecified atom stereocenters. The van der Waals surface area contributed by atoms with Gasteiger partial charge >= 0.3 is 0 Å². The molecule has 1 heterocycles. The summed E-state index contributed by atoms with van der Waals surface area (Å²) in [4.78, 5) is 25.7. The average Bonchev–Trinajstić information content (AvgIpc) is 3.30. The number of nitrogens with zero attached hydrogens (tertiary/aromatic N) is 3. The van der Waals surface area contributed by atoms with Crippen molar-refractivity contribution in [2.24, 2.45) is 5.92 Å². The number of carbonyl (C=O) groups excluding carboxylic acids is 2. The second-order valence-corrected chi connectivity index (χ2v) is 10.5. The maximum Gasteiger partial charge on any atom is 0.251 e. The second kappa shape index (κ2) is 12.0. The van der Waals surface area contributed by atoms with Crippen LogP contribution in [-0.2, 0) is 11.3 Å². The third kappa shape index (κ3) is 6.26. The van der Waals surface area contributed by atoms with Crippen molar-refractivity contribution in [2.45, 2.75) is 38.5 Å². The minimum absolute atomic E-state index is 0.0359. The molecule has 1 aromatic heterocycles. The lowest BCUT2D eigenvalue weighted by atomic mass is 10.0. The lowest BCUT2D eigenvalue weighted by Crippen LogP contribution is -2.33. The van der Waals surface area contributed by atoms with Crippen LogP contribution in [0.3, 0.4) is 0 Å². The highest BCUT2D eigenvalue weighted by atomic mass is 35.5. The summed E-state index contributed by atoms with van der Waals surface area (Å²) in [5.41, 5.74) is 1.17. The van der Waals surface area contributed by atoms with Crippen LogP contribution in [-0.4, -0.2) is 32.3 Å². The summed E-state index contributed by atoms with van der Waals surface area (Å²) in [6, 6.07) is 18.1. The molecule has 1 atom stereocenters. The number of anilines is 1. The number of hydrogen-bond acceptors (Lipinski definition) is 5. The van der Waals surface area contributed by atoms with Gasteiger partial charge in [-0.2, -0.15) is 0 Å². The molecule has 192 valence electrons. The van der Waals surface area contributed by atoms with E-state index in [0.29, 0.717) is 33.1 Å². The molecule has 0 radical (unpaired) electrons. The summed E-state index contributed by atoms with van der Waals surface area (Å²) in [5, 5.41) is 18.1. The number of aromatic nitrogens is 3. The largest absolute Gasteiger partial charge is 0.342 e. The number of carbonyl (C=O) groups is 2. The van der Waals surface area contributed by atoms with Gasteiger partial charge in [-0.25, -0.2) is 0 Å². The number of hydrogen-bond donors (Lipinski definition) is 2. The predicted molar refractivity (Wildman–Crippen MR) is 151 cm³/mol. The summed E-state index contributed by atoms with van der Waals surface area (Å²) in [6.45, 7) is 6.56. The van der Waals surface area contributed by atoms with Gasteiger partial charge in [0.1, 0.15) is 0 Å². The zero-order valence-corrected chi connectivity index (χ0v) is 23.0. The number of benzene rings is 3. The second-order valence-electron chi connectivity index (χ2n) is 8.77. The zero-order valence-electron chi connectivity index (χ0n) is 20.7. The van der Waals surface area contributed by atoms with E-state index < -0.39 is 6.04 Å². The molecular weight excluding hydrogens is 529 g/mol. The smallest absolute Gasteiger partial charge is 0.251 e. The fraction of sp³-hybridized carbons (Fsp3) is 0.259. The lowest BCUT2D eigenvalue weighted by Gasteiger charge is -2.22. The molecule has 0 fully saturated rings. The van der Waals surface area contributed by atoms with E-state index in [1.54, 1.807) is 12.1 Å². The molecule has 4 aromatic rings. The number of thioether (sulfide) groups is 1. The van der Waals surface area contributed by atoms with Crippen LogP contribution in [0.2, 0.25) is 10.0 Å². The first-order chi connectivity index (χ1) is 17.8. The zero-order chi connectivity index (χ0) is 26.5. The fourth-order valence-electron chi connectivity index (χ4n) is 3.98. The van der Waals surface area contributed by atoms with E-state index >= 15 is 0 Å². The molecule has 4 rings (SSSR count). The molecule has 0 aliphatic heterocycles. The van der Waals surface area contributed by atoms with E-state index in [2.05, 4.69) is 20.8 Å². The molecule has 2 N–H and O–H groups in total. The maximum absolute atomic E-state index is 13.0. The van der Waals surface area contributed by atoms with Gasteiger partial charge in [0.25, 0.3) is 5.91 Å². The third-order valence-corrected chi connectivity index (χ3v) is 7.58. The van der Waals surface area contributed by atoms with Crippen LogP contribution in [0.1, 0.15) is 43.0 Å². The molecule has 3 aromatic carbocycles. The Morgan fingerprint density at radius 3 is 2.49 bits per heavy atom. The molecular formula is C27H27Cl2N5O2S. The van der Waals surface area contributed by atoms with Crippen LogP contribution in [0.25, 0.3) is 10.8 Å². The van der Waals surface area contributed by atoms with Crippen molar-refractivity contribution < 1.29 is 9.59 Å². The van der Waals surface area contributed by atoms with E-state index in [4.69, 9.17) is 23.2 Å². The van der Waals surface area contributed by atoms with Gasteiger partial charge in [-0.3, -0.25) is 9.59 Å². The van der Waals surface area contributed by atoms with Gasteiger partial charge in [0, 0.05) is 23.2 Å². The lowest BCUT2D eigenvalue weighted by molar-refractivity contribution is -0.113. The highest BCUT2D eigenvalue weighted by molar-refractivity contribution is 7.99. The number of amides is 2. The first-order valence-corrected chi connectivity index (χ1v) is 13.6. The number of fused-ring (bicyclic) bond motifs is 1. The molecule has 0 saturated heterocycles.